The molecule has 19 heavy (non-hydrogen) atoms. The minimum absolute atomic E-state index is 0.0681. The van der Waals surface area contributed by atoms with Crippen LogP contribution in [-0.4, -0.2) is 6.54 Å². The number of nitrogens with two attached hydrogens (primary N) is 1. The van der Waals surface area contributed by atoms with E-state index in [2.05, 4.69) is 44.4 Å². The van der Waals surface area contributed by atoms with E-state index in [9.17, 15) is 0 Å². The summed E-state index contributed by atoms with van der Waals surface area (Å²) in [7, 11) is 0. The van der Waals surface area contributed by atoms with Gasteiger partial charge in [0.15, 0.2) is 0 Å². The largest absolute Gasteiger partial charge is 0.484 e. The Labute approximate surface area is 119 Å². The second-order valence-corrected chi connectivity index (χ2v) is 6.46. The molecular weight excluding hydrogens is 254 g/mol. The van der Waals surface area contributed by atoms with Gasteiger partial charge in [0, 0.05) is 12.1 Å². The number of hydrogen-bond donors (Lipinski definition) is 1. The second-order valence-electron chi connectivity index (χ2n) is 5.68. The monoisotopic (exact) mass is 275 g/mol. The second kappa shape index (κ2) is 5.76. The zero-order chi connectivity index (χ0) is 13.9. The Hall–Kier alpha value is -1.32. The van der Waals surface area contributed by atoms with Gasteiger partial charge < -0.3 is 10.5 Å². The summed E-state index contributed by atoms with van der Waals surface area (Å²) in [5.74, 6) is 0.883. The normalized spacial score (nSPS) is 13.3. The van der Waals surface area contributed by atoms with Crippen LogP contribution >= 0.6 is 11.3 Å². The van der Waals surface area contributed by atoms with Gasteiger partial charge in [-0.15, -0.1) is 0 Å². The molecule has 102 valence electrons. The zero-order valence-corrected chi connectivity index (χ0v) is 12.5. The molecule has 0 radical (unpaired) electrons. The van der Waals surface area contributed by atoms with Crippen molar-refractivity contribution in [2.24, 2.45) is 5.73 Å². The summed E-state index contributed by atoms with van der Waals surface area (Å²) in [4.78, 5) is 0. The number of benzene rings is 1. The molecule has 0 amide bonds. The lowest BCUT2D eigenvalue weighted by Crippen LogP contribution is -2.18. The maximum atomic E-state index is 6.03. The van der Waals surface area contributed by atoms with Crippen molar-refractivity contribution >= 4 is 11.3 Å². The van der Waals surface area contributed by atoms with Gasteiger partial charge >= 0.3 is 0 Å². The van der Waals surface area contributed by atoms with Crippen LogP contribution in [0.5, 0.6) is 5.75 Å². The van der Waals surface area contributed by atoms with E-state index < -0.39 is 0 Å². The average molecular weight is 275 g/mol. The van der Waals surface area contributed by atoms with Crippen LogP contribution in [0.4, 0.5) is 0 Å². The van der Waals surface area contributed by atoms with Gasteiger partial charge in [0.2, 0.25) is 0 Å². The van der Waals surface area contributed by atoms with Crippen molar-refractivity contribution in [3.05, 3.63) is 52.2 Å². The third kappa shape index (κ3) is 3.58. The summed E-state index contributed by atoms with van der Waals surface area (Å²) in [6.45, 7) is 7.08. The van der Waals surface area contributed by atoms with E-state index in [1.807, 2.05) is 17.5 Å². The highest BCUT2D eigenvalue weighted by atomic mass is 32.1. The van der Waals surface area contributed by atoms with Gasteiger partial charge in [-0.2, -0.15) is 11.3 Å². The Balaban J connectivity index is 2.19. The van der Waals surface area contributed by atoms with E-state index in [0.29, 0.717) is 6.54 Å². The van der Waals surface area contributed by atoms with E-state index >= 15 is 0 Å². The minimum Gasteiger partial charge on any atom is -0.484 e. The lowest BCUT2D eigenvalue weighted by atomic mass is 9.87. The number of rotatable bonds is 4. The SMILES string of the molecule is CC(C)(C)c1cccc(OC(CN)c2ccsc2)c1. The van der Waals surface area contributed by atoms with Crippen LogP contribution < -0.4 is 10.5 Å². The maximum Gasteiger partial charge on any atom is 0.137 e. The van der Waals surface area contributed by atoms with E-state index in [4.69, 9.17) is 10.5 Å². The first-order valence-corrected chi connectivity index (χ1v) is 7.44. The van der Waals surface area contributed by atoms with Crippen LogP contribution in [0.3, 0.4) is 0 Å². The molecule has 2 nitrogen and oxygen atoms in total. The van der Waals surface area contributed by atoms with Gasteiger partial charge in [-0.05, 0) is 39.9 Å². The van der Waals surface area contributed by atoms with Gasteiger partial charge in [0.25, 0.3) is 0 Å². The Morgan fingerprint density at radius 1 is 1.26 bits per heavy atom. The first kappa shape index (κ1) is 14.1. The van der Waals surface area contributed by atoms with Crippen LogP contribution in [0.25, 0.3) is 0 Å². The van der Waals surface area contributed by atoms with E-state index in [1.165, 1.54) is 5.56 Å². The van der Waals surface area contributed by atoms with Crippen LogP contribution in [0.15, 0.2) is 41.1 Å². The molecule has 0 spiro atoms. The highest BCUT2D eigenvalue weighted by Crippen LogP contribution is 2.28. The highest BCUT2D eigenvalue weighted by Gasteiger charge is 2.16. The zero-order valence-electron chi connectivity index (χ0n) is 11.7. The molecule has 0 bridgehead atoms. The molecule has 2 rings (SSSR count). The molecule has 0 aliphatic heterocycles. The Bertz CT molecular complexity index is 514. The molecule has 1 aromatic heterocycles. The fraction of sp³-hybridized carbons (Fsp3) is 0.375. The molecule has 1 unspecified atom stereocenters. The van der Waals surface area contributed by atoms with Crippen molar-refractivity contribution in [3.8, 4) is 5.75 Å². The number of hydrogen-bond acceptors (Lipinski definition) is 3. The van der Waals surface area contributed by atoms with Gasteiger partial charge in [-0.3, -0.25) is 0 Å². The molecule has 2 N–H and O–H groups in total. The van der Waals surface area contributed by atoms with Crippen molar-refractivity contribution in [3.63, 3.8) is 0 Å². The molecule has 2 aromatic rings. The van der Waals surface area contributed by atoms with Crippen molar-refractivity contribution in [1.82, 2.24) is 0 Å². The third-order valence-corrected chi connectivity index (χ3v) is 3.81. The van der Waals surface area contributed by atoms with E-state index in [-0.39, 0.29) is 11.5 Å². The predicted molar refractivity (Wildman–Crippen MR) is 81.9 cm³/mol. The van der Waals surface area contributed by atoms with Gasteiger partial charge in [-0.1, -0.05) is 32.9 Å². The number of thiophene rings is 1. The Morgan fingerprint density at radius 2 is 2.05 bits per heavy atom. The summed E-state index contributed by atoms with van der Waals surface area (Å²) < 4.78 is 6.03. The smallest absolute Gasteiger partial charge is 0.137 e. The summed E-state index contributed by atoms with van der Waals surface area (Å²) in [5, 5.41) is 4.14. The molecule has 0 aliphatic carbocycles. The predicted octanol–water partition coefficient (Wildman–Crippen LogP) is 4.12. The van der Waals surface area contributed by atoms with Crippen molar-refractivity contribution in [1.29, 1.82) is 0 Å². The summed E-state index contributed by atoms with van der Waals surface area (Å²) >= 11 is 1.67. The van der Waals surface area contributed by atoms with Gasteiger partial charge in [0.1, 0.15) is 11.9 Å². The maximum absolute atomic E-state index is 6.03. The molecule has 1 atom stereocenters. The third-order valence-electron chi connectivity index (χ3n) is 3.11. The standard InChI is InChI=1S/C16H21NOS/c1-16(2,3)13-5-4-6-14(9-13)18-15(10-17)12-7-8-19-11-12/h4-9,11,15H,10,17H2,1-3H3. The molecule has 0 aliphatic rings. The molecule has 1 heterocycles. The molecule has 1 aromatic carbocycles. The Morgan fingerprint density at radius 3 is 2.63 bits per heavy atom. The van der Waals surface area contributed by atoms with Crippen molar-refractivity contribution in [2.75, 3.05) is 6.54 Å². The fourth-order valence-corrected chi connectivity index (χ4v) is 2.61. The van der Waals surface area contributed by atoms with Crippen LogP contribution in [0, 0.1) is 0 Å². The summed E-state index contributed by atoms with van der Waals surface area (Å²) in [6.07, 6.45) is -0.0681. The van der Waals surface area contributed by atoms with Crippen molar-refractivity contribution < 1.29 is 4.74 Å². The fourth-order valence-electron chi connectivity index (χ4n) is 1.91. The van der Waals surface area contributed by atoms with Crippen LogP contribution in [0.2, 0.25) is 0 Å². The molecule has 0 saturated heterocycles. The Kier molecular flexibility index (Phi) is 4.27. The molecule has 0 saturated carbocycles. The lowest BCUT2D eigenvalue weighted by molar-refractivity contribution is 0.214. The molecular formula is C16H21NOS. The highest BCUT2D eigenvalue weighted by molar-refractivity contribution is 7.07. The number of ether oxygens (including phenoxy) is 1. The van der Waals surface area contributed by atoms with Gasteiger partial charge in [-0.25, -0.2) is 0 Å². The van der Waals surface area contributed by atoms with Crippen LogP contribution in [0.1, 0.15) is 38.0 Å². The quantitative estimate of drug-likeness (QED) is 0.910. The summed E-state index contributed by atoms with van der Waals surface area (Å²) in [6, 6.07) is 10.3. The van der Waals surface area contributed by atoms with E-state index in [0.717, 1.165) is 11.3 Å². The lowest BCUT2D eigenvalue weighted by Gasteiger charge is -2.21. The summed E-state index contributed by atoms with van der Waals surface area (Å²) in [5.41, 5.74) is 8.36. The first-order chi connectivity index (χ1) is 9.00. The first-order valence-electron chi connectivity index (χ1n) is 6.50. The van der Waals surface area contributed by atoms with Gasteiger partial charge in [0.05, 0.1) is 0 Å². The van der Waals surface area contributed by atoms with E-state index in [1.54, 1.807) is 11.3 Å². The topological polar surface area (TPSA) is 35.2 Å². The average Bonchev–Trinajstić information content (AvgIpc) is 2.89. The minimum atomic E-state index is -0.0681. The van der Waals surface area contributed by atoms with Crippen LogP contribution in [-0.2, 0) is 5.41 Å². The molecule has 0 fully saturated rings. The van der Waals surface area contributed by atoms with Crippen molar-refractivity contribution in [2.45, 2.75) is 32.3 Å². The molecule has 3 heteroatoms.